The number of rotatable bonds is 4. The van der Waals surface area contributed by atoms with Crippen molar-refractivity contribution in [3.8, 4) is 22.6 Å². The Labute approximate surface area is 160 Å². The van der Waals surface area contributed by atoms with Gasteiger partial charge in [-0.05, 0) is 29.8 Å². The number of aromatic nitrogens is 3. The number of hydrogen-bond acceptors (Lipinski definition) is 5. The maximum Gasteiger partial charge on any atom is 0.231 e. The van der Waals surface area contributed by atoms with Crippen LogP contribution in [0.5, 0.6) is 11.5 Å². The van der Waals surface area contributed by atoms with Crippen molar-refractivity contribution < 1.29 is 9.47 Å². The third-order valence-electron chi connectivity index (χ3n) is 4.48. The van der Waals surface area contributed by atoms with Crippen LogP contribution in [-0.4, -0.2) is 21.4 Å². The summed E-state index contributed by atoms with van der Waals surface area (Å²) in [4.78, 5) is 4.49. The van der Waals surface area contributed by atoms with E-state index in [1.807, 2.05) is 48.5 Å². The lowest BCUT2D eigenvalue weighted by Gasteiger charge is -2.09. The minimum atomic E-state index is 0.273. The van der Waals surface area contributed by atoms with Gasteiger partial charge in [-0.25, -0.2) is 4.98 Å². The van der Waals surface area contributed by atoms with Gasteiger partial charge >= 0.3 is 0 Å². The average molecular weight is 379 g/mol. The van der Waals surface area contributed by atoms with Gasteiger partial charge in [0, 0.05) is 28.9 Å². The normalized spacial score (nSPS) is 12.5. The van der Waals surface area contributed by atoms with Crippen molar-refractivity contribution in [3.05, 3.63) is 71.5 Å². The van der Waals surface area contributed by atoms with Crippen LogP contribution in [0.15, 0.2) is 60.9 Å². The van der Waals surface area contributed by atoms with Gasteiger partial charge in [0.25, 0.3) is 0 Å². The molecule has 3 heterocycles. The van der Waals surface area contributed by atoms with Gasteiger partial charge in [0.05, 0.1) is 6.20 Å². The SMILES string of the molecule is Clc1ccccc1-c1cnn2c(NCc3ccc4c(c3)OCO4)ccnc12. The van der Waals surface area contributed by atoms with Crippen molar-refractivity contribution >= 4 is 23.1 Å². The number of benzene rings is 2. The summed E-state index contributed by atoms with van der Waals surface area (Å²) in [6.07, 6.45) is 3.55. The van der Waals surface area contributed by atoms with Gasteiger partial charge in [-0.2, -0.15) is 9.61 Å². The van der Waals surface area contributed by atoms with Crippen molar-refractivity contribution in [1.82, 2.24) is 14.6 Å². The van der Waals surface area contributed by atoms with Crippen LogP contribution in [0, 0.1) is 0 Å². The van der Waals surface area contributed by atoms with E-state index in [9.17, 15) is 0 Å². The topological polar surface area (TPSA) is 60.7 Å². The smallest absolute Gasteiger partial charge is 0.231 e. The standard InChI is InChI=1S/C20H15ClN4O2/c21-16-4-2-1-3-14(16)15-11-24-25-19(7-8-22-20(15)25)23-10-13-5-6-17-18(9-13)27-12-26-17/h1-9,11,23H,10,12H2. The highest BCUT2D eigenvalue weighted by Crippen LogP contribution is 2.33. The Morgan fingerprint density at radius 3 is 2.85 bits per heavy atom. The zero-order valence-corrected chi connectivity index (χ0v) is 15.0. The Bertz CT molecular complexity index is 1140. The largest absolute Gasteiger partial charge is 0.454 e. The number of ether oxygens (including phenoxy) is 2. The molecule has 0 saturated carbocycles. The van der Waals surface area contributed by atoms with Crippen LogP contribution in [0.25, 0.3) is 16.8 Å². The number of nitrogens with one attached hydrogen (secondary N) is 1. The quantitative estimate of drug-likeness (QED) is 0.570. The van der Waals surface area contributed by atoms with E-state index >= 15 is 0 Å². The summed E-state index contributed by atoms with van der Waals surface area (Å²) in [5.41, 5.74) is 3.64. The molecule has 27 heavy (non-hydrogen) atoms. The maximum atomic E-state index is 6.34. The number of nitrogens with zero attached hydrogens (tertiary/aromatic N) is 3. The molecular weight excluding hydrogens is 364 g/mol. The van der Waals surface area contributed by atoms with E-state index in [0.717, 1.165) is 39.7 Å². The second-order valence-corrected chi connectivity index (χ2v) is 6.55. The van der Waals surface area contributed by atoms with Crippen LogP contribution in [0.2, 0.25) is 5.02 Å². The Morgan fingerprint density at radius 2 is 1.93 bits per heavy atom. The predicted octanol–water partition coefficient (Wildman–Crippen LogP) is 4.39. The molecule has 0 spiro atoms. The molecule has 0 aliphatic carbocycles. The lowest BCUT2D eigenvalue weighted by molar-refractivity contribution is 0.174. The highest BCUT2D eigenvalue weighted by atomic mass is 35.5. The lowest BCUT2D eigenvalue weighted by Crippen LogP contribution is -2.05. The molecule has 1 N–H and O–H groups in total. The molecule has 0 radical (unpaired) electrons. The van der Waals surface area contributed by atoms with E-state index < -0.39 is 0 Å². The molecule has 5 rings (SSSR count). The van der Waals surface area contributed by atoms with E-state index in [1.165, 1.54) is 0 Å². The van der Waals surface area contributed by atoms with E-state index in [1.54, 1.807) is 16.9 Å². The van der Waals surface area contributed by atoms with Crippen molar-refractivity contribution in [2.45, 2.75) is 6.54 Å². The third kappa shape index (κ3) is 2.84. The fraction of sp³-hybridized carbons (Fsp3) is 0.100. The van der Waals surface area contributed by atoms with Crippen molar-refractivity contribution in [2.24, 2.45) is 0 Å². The Morgan fingerprint density at radius 1 is 1.04 bits per heavy atom. The van der Waals surface area contributed by atoms with Crippen LogP contribution >= 0.6 is 11.6 Å². The molecule has 1 aliphatic heterocycles. The first-order chi connectivity index (χ1) is 13.3. The van der Waals surface area contributed by atoms with Crippen LogP contribution in [0.3, 0.4) is 0 Å². The molecule has 0 saturated heterocycles. The number of hydrogen-bond donors (Lipinski definition) is 1. The van der Waals surface area contributed by atoms with Crippen molar-refractivity contribution in [1.29, 1.82) is 0 Å². The first kappa shape index (κ1) is 16.0. The summed E-state index contributed by atoms with van der Waals surface area (Å²) in [6, 6.07) is 15.5. The van der Waals surface area contributed by atoms with Gasteiger partial charge in [0.1, 0.15) is 5.82 Å². The molecule has 1 aliphatic rings. The van der Waals surface area contributed by atoms with Gasteiger partial charge in [-0.15, -0.1) is 0 Å². The lowest BCUT2D eigenvalue weighted by atomic mass is 10.1. The van der Waals surface area contributed by atoms with Crippen molar-refractivity contribution in [3.63, 3.8) is 0 Å². The third-order valence-corrected chi connectivity index (χ3v) is 4.81. The van der Waals surface area contributed by atoms with Crippen molar-refractivity contribution in [2.75, 3.05) is 12.1 Å². The van der Waals surface area contributed by atoms with E-state index in [4.69, 9.17) is 21.1 Å². The summed E-state index contributed by atoms with van der Waals surface area (Å²) in [6.45, 7) is 0.895. The molecule has 0 unspecified atom stereocenters. The van der Waals surface area contributed by atoms with Gasteiger partial charge in [-0.3, -0.25) is 0 Å². The molecule has 0 fully saturated rings. The summed E-state index contributed by atoms with van der Waals surface area (Å²) < 4.78 is 12.6. The molecule has 2 aromatic carbocycles. The van der Waals surface area contributed by atoms with Crippen LogP contribution < -0.4 is 14.8 Å². The minimum Gasteiger partial charge on any atom is -0.454 e. The summed E-state index contributed by atoms with van der Waals surface area (Å²) in [7, 11) is 0. The molecule has 2 aromatic heterocycles. The summed E-state index contributed by atoms with van der Waals surface area (Å²) in [5, 5.41) is 8.57. The molecular formula is C20H15ClN4O2. The first-order valence-electron chi connectivity index (χ1n) is 8.49. The average Bonchev–Trinajstić information content (AvgIpc) is 3.33. The molecule has 0 atom stereocenters. The Balaban J connectivity index is 1.45. The fourth-order valence-corrected chi connectivity index (χ4v) is 3.38. The van der Waals surface area contributed by atoms with Gasteiger partial charge in [-0.1, -0.05) is 35.9 Å². The molecule has 6 nitrogen and oxygen atoms in total. The molecule has 0 amide bonds. The van der Waals surface area contributed by atoms with Crippen LogP contribution in [0.4, 0.5) is 5.82 Å². The minimum absolute atomic E-state index is 0.273. The van der Waals surface area contributed by atoms with Gasteiger partial charge < -0.3 is 14.8 Å². The second-order valence-electron chi connectivity index (χ2n) is 6.14. The van der Waals surface area contributed by atoms with E-state index in [0.29, 0.717) is 11.6 Å². The highest BCUT2D eigenvalue weighted by Gasteiger charge is 2.15. The predicted molar refractivity (Wildman–Crippen MR) is 103 cm³/mol. The molecule has 0 bridgehead atoms. The highest BCUT2D eigenvalue weighted by molar-refractivity contribution is 6.33. The number of fused-ring (bicyclic) bond motifs is 2. The number of halogens is 1. The molecule has 4 aromatic rings. The zero-order chi connectivity index (χ0) is 18.2. The van der Waals surface area contributed by atoms with Gasteiger partial charge in [0.15, 0.2) is 17.1 Å². The zero-order valence-electron chi connectivity index (χ0n) is 14.2. The van der Waals surface area contributed by atoms with Crippen LogP contribution in [-0.2, 0) is 6.54 Å². The fourth-order valence-electron chi connectivity index (χ4n) is 3.14. The Kier molecular flexibility index (Phi) is 3.83. The van der Waals surface area contributed by atoms with E-state index in [-0.39, 0.29) is 6.79 Å². The van der Waals surface area contributed by atoms with Crippen LogP contribution in [0.1, 0.15) is 5.56 Å². The second kappa shape index (κ2) is 6.48. The first-order valence-corrected chi connectivity index (χ1v) is 8.87. The molecule has 7 heteroatoms. The Hall–Kier alpha value is -3.25. The molecule has 134 valence electrons. The summed E-state index contributed by atoms with van der Waals surface area (Å²) in [5.74, 6) is 2.40. The maximum absolute atomic E-state index is 6.34. The monoisotopic (exact) mass is 378 g/mol. The van der Waals surface area contributed by atoms with Gasteiger partial charge in [0.2, 0.25) is 6.79 Å². The van der Waals surface area contributed by atoms with E-state index in [2.05, 4.69) is 15.4 Å². The number of anilines is 1. The summed E-state index contributed by atoms with van der Waals surface area (Å²) >= 11 is 6.34.